The van der Waals surface area contributed by atoms with Crippen molar-refractivity contribution in [2.24, 2.45) is 13.0 Å². The van der Waals surface area contributed by atoms with Gasteiger partial charge in [0.25, 0.3) is 11.5 Å². The van der Waals surface area contributed by atoms with E-state index < -0.39 is 5.82 Å². The zero-order chi connectivity index (χ0) is 20.4. The van der Waals surface area contributed by atoms with Crippen LogP contribution in [0.1, 0.15) is 29.1 Å². The fourth-order valence-corrected chi connectivity index (χ4v) is 3.68. The number of hydrogen-bond acceptors (Lipinski definition) is 5. The monoisotopic (exact) mass is 396 g/mol. The van der Waals surface area contributed by atoms with E-state index in [1.165, 1.54) is 10.6 Å². The number of likely N-dealkylation sites (tertiary alicyclic amines) is 1. The fraction of sp³-hybridized carbons (Fsp3) is 0.333. The number of hydrogen-bond donors (Lipinski definition) is 0. The molecule has 7 nitrogen and oxygen atoms in total. The minimum absolute atomic E-state index is 0.134. The van der Waals surface area contributed by atoms with Crippen molar-refractivity contribution in [2.45, 2.75) is 19.3 Å². The van der Waals surface area contributed by atoms with Gasteiger partial charge in [-0.05, 0) is 43.0 Å². The number of carbonyl (C=O) groups excluding carboxylic acids is 1. The van der Waals surface area contributed by atoms with Crippen LogP contribution in [-0.2, 0) is 13.5 Å². The van der Waals surface area contributed by atoms with Crippen molar-refractivity contribution in [1.29, 1.82) is 0 Å². The molecule has 3 aromatic rings. The highest BCUT2D eigenvalue weighted by Crippen LogP contribution is 2.24. The lowest BCUT2D eigenvalue weighted by atomic mass is 9.94. The second kappa shape index (κ2) is 7.98. The average Bonchev–Trinajstić information content (AvgIpc) is 3.18. The van der Waals surface area contributed by atoms with E-state index in [9.17, 15) is 14.0 Å². The number of aryl methyl sites for hydroxylation is 1. The summed E-state index contributed by atoms with van der Waals surface area (Å²) in [5.74, 6) is 0.106. The van der Waals surface area contributed by atoms with E-state index in [2.05, 4.69) is 10.1 Å². The molecule has 0 aliphatic carbocycles. The maximum absolute atomic E-state index is 13.9. The van der Waals surface area contributed by atoms with Gasteiger partial charge in [0.15, 0.2) is 0 Å². The third-order valence-electron chi connectivity index (χ3n) is 5.21. The maximum atomic E-state index is 13.9. The second-order valence-electron chi connectivity index (χ2n) is 7.29. The molecule has 1 amide bonds. The van der Waals surface area contributed by atoms with Gasteiger partial charge in [0, 0.05) is 32.8 Å². The minimum Gasteiger partial charge on any atom is -0.339 e. The number of piperidine rings is 1. The minimum atomic E-state index is -0.404. The highest BCUT2D eigenvalue weighted by atomic mass is 19.1. The van der Waals surface area contributed by atoms with Crippen molar-refractivity contribution in [1.82, 2.24) is 19.6 Å². The van der Waals surface area contributed by atoms with E-state index in [1.807, 2.05) is 0 Å². The third kappa shape index (κ3) is 3.96. The number of nitrogens with zero attached hydrogens (tertiary/aromatic N) is 4. The van der Waals surface area contributed by atoms with Gasteiger partial charge in [-0.2, -0.15) is 4.98 Å². The topological polar surface area (TPSA) is 81.2 Å². The van der Waals surface area contributed by atoms with Gasteiger partial charge in [0.2, 0.25) is 11.7 Å². The van der Waals surface area contributed by atoms with E-state index in [4.69, 9.17) is 4.52 Å². The molecule has 1 atom stereocenters. The molecule has 0 unspecified atom stereocenters. The summed E-state index contributed by atoms with van der Waals surface area (Å²) in [6.07, 6.45) is 3.87. The van der Waals surface area contributed by atoms with Crippen molar-refractivity contribution in [3.05, 3.63) is 70.2 Å². The number of benzene rings is 1. The Balaban J connectivity index is 1.46. The Morgan fingerprint density at radius 2 is 2.10 bits per heavy atom. The van der Waals surface area contributed by atoms with Crippen LogP contribution >= 0.6 is 0 Å². The molecule has 1 aliphatic rings. The van der Waals surface area contributed by atoms with E-state index in [0.29, 0.717) is 31.0 Å². The number of amides is 1. The maximum Gasteiger partial charge on any atom is 0.263 e. The first-order chi connectivity index (χ1) is 14.0. The van der Waals surface area contributed by atoms with Gasteiger partial charge >= 0.3 is 0 Å². The fourth-order valence-electron chi connectivity index (χ4n) is 3.68. The molecule has 8 heteroatoms. The molecule has 150 valence electrons. The third-order valence-corrected chi connectivity index (χ3v) is 5.21. The average molecular weight is 396 g/mol. The van der Waals surface area contributed by atoms with Gasteiger partial charge in [-0.15, -0.1) is 0 Å². The second-order valence-corrected chi connectivity index (χ2v) is 7.29. The van der Waals surface area contributed by atoms with Crippen LogP contribution in [0.2, 0.25) is 0 Å². The Morgan fingerprint density at radius 3 is 2.93 bits per heavy atom. The highest BCUT2D eigenvalue weighted by molar-refractivity contribution is 5.93. The zero-order valence-corrected chi connectivity index (χ0v) is 16.0. The molecule has 0 saturated carbocycles. The molecule has 0 bridgehead atoms. The van der Waals surface area contributed by atoms with Crippen LogP contribution in [0.15, 0.2) is 51.9 Å². The predicted octanol–water partition coefficient (Wildman–Crippen LogP) is 2.67. The summed E-state index contributed by atoms with van der Waals surface area (Å²) in [7, 11) is 1.63. The lowest BCUT2D eigenvalue weighted by Gasteiger charge is -2.32. The molecule has 0 N–H and O–H groups in total. The largest absolute Gasteiger partial charge is 0.339 e. The first-order valence-corrected chi connectivity index (χ1v) is 9.55. The number of rotatable bonds is 4. The van der Waals surface area contributed by atoms with Crippen LogP contribution in [0.3, 0.4) is 0 Å². The zero-order valence-electron chi connectivity index (χ0n) is 16.0. The van der Waals surface area contributed by atoms with Crippen LogP contribution in [0.5, 0.6) is 0 Å². The molecule has 0 spiro atoms. The summed E-state index contributed by atoms with van der Waals surface area (Å²) < 4.78 is 20.6. The molecular formula is C21H21FN4O3. The smallest absolute Gasteiger partial charge is 0.263 e. The van der Waals surface area contributed by atoms with Crippen LogP contribution in [0.4, 0.5) is 4.39 Å². The lowest BCUT2D eigenvalue weighted by Crippen LogP contribution is -2.42. The van der Waals surface area contributed by atoms with E-state index in [1.54, 1.807) is 48.5 Å². The molecule has 0 radical (unpaired) electrons. The summed E-state index contributed by atoms with van der Waals surface area (Å²) >= 11 is 0. The van der Waals surface area contributed by atoms with Crippen molar-refractivity contribution >= 4 is 5.91 Å². The normalized spacial score (nSPS) is 16.8. The number of carbonyl (C=O) groups is 1. The predicted molar refractivity (Wildman–Crippen MR) is 104 cm³/mol. The van der Waals surface area contributed by atoms with Crippen LogP contribution in [-0.4, -0.2) is 38.6 Å². The number of aromatic nitrogens is 3. The Labute approximate surface area is 166 Å². The lowest BCUT2D eigenvalue weighted by molar-refractivity contribution is 0.0665. The van der Waals surface area contributed by atoms with E-state index in [-0.39, 0.29) is 28.8 Å². The summed E-state index contributed by atoms with van der Waals surface area (Å²) in [4.78, 5) is 31.1. The molecule has 1 aromatic carbocycles. The molecule has 1 aliphatic heterocycles. The first-order valence-electron chi connectivity index (χ1n) is 9.55. The van der Waals surface area contributed by atoms with Crippen LogP contribution in [0.25, 0.3) is 11.4 Å². The van der Waals surface area contributed by atoms with Gasteiger partial charge in [-0.3, -0.25) is 9.59 Å². The van der Waals surface area contributed by atoms with Gasteiger partial charge in [0.1, 0.15) is 11.4 Å². The highest BCUT2D eigenvalue weighted by Gasteiger charge is 2.27. The SMILES string of the molecule is Cn1cccc(C(=O)N2CCC[C@H](Cc3nc(-c4ccccc4F)no3)C2)c1=O. The van der Waals surface area contributed by atoms with Gasteiger partial charge in [0.05, 0.1) is 5.56 Å². The van der Waals surface area contributed by atoms with Gasteiger partial charge < -0.3 is 14.0 Å². The van der Waals surface area contributed by atoms with Crippen molar-refractivity contribution in [3.63, 3.8) is 0 Å². The van der Waals surface area contributed by atoms with Gasteiger partial charge in [-0.1, -0.05) is 17.3 Å². The molecule has 3 heterocycles. The number of halogens is 1. The summed E-state index contributed by atoms with van der Waals surface area (Å²) in [5.41, 5.74) is 0.171. The molecule has 2 aromatic heterocycles. The van der Waals surface area contributed by atoms with Crippen molar-refractivity contribution in [2.75, 3.05) is 13.1 Å². The molecule has 1 saturated heterocycles. The standard InChI is InChI=1S/C21H21FN4O3/c1-25-10-5-8-16(20(25)27)21(28)26-11-4-6-14(13-26)12-18-23-19(24-29-18)15-7-2-3-9-17(15)22/h2-3,5,7-10,14H,4,6,11-13H2,1H3/t14-/m1/s1. The Kier molecular flexibility index (Phi) is 5.24. The van der Waals surface area contributed by atoms with Gasteiger partial charge in [-0.25, -0.2) is 4.39 Å². The van der Waals surface area contributed by atoms with E-state index >= 15 is 0 Å². The van der Waals surface area contributed by atoms with E-state index in [0.717, 1.165) is 12.8 Å². The first kappa shape index (κ1) is 19.0. The molecule has 1 fully saturated rings. The van der Waals surface area contributed by atoms with Crippen LogP contribution < -0.4 is 5.56 Å². The van der Waals surface area contributed by atoms with Crippen molar-refractivity contribution < 1.29 is 13.7 Å². The molecule has 29 heavy (non-hydrogen) atoms. The molecule has 4 rings (SSSR count). The molecular weight excluding hydrogens is 375 g/mol. The van der Waals surface area contributed by atoms with Crippen molar-refractivity contribution in [3.8, 4) is 11.4 Å². The Morgan fingerprint density at radius 1 is 1.28 bits per heavy atom. The number of pyridine rings is 1. The van der Waals surface area contributed by atoms with Crippen LogP contribution in [0, 0.1) is 11.7 Å². The Hall–Kier alpha value is -3.29. The summed E-state index contributed by atoms with van der Waals surface area (Å²) in [5, 5.41) is 3.89. The summed E-state index contributed by atoms with van der Waals surface area (Å²) in [6, 6.07) is 9.53. The Bertz CT molecular complexity index is 1090. The summed E-state index contributed by atoms with van der Waals surface area (Å²) in [6.45, 7) is 1.12. The quantitative estimate of drug-likeness (QED) is 0.677.